The highest BCUT2D eigenvalue weighted by molar-refractivity contribution is 7.99. The van der Waals surface area contributed by atoms with Gasteiger partial charge in [-0.05, 0) is 61.4 Å². The van der Waals surface area contributed by atoms with Crippen molar-refractivity contribution in [1.29, 1.82) is 0 Å². The van der Waals surface area contributed by atoms with Crippen molar-refractivity contribution in [2.24, 2.45) is 0 Å². The Kier molecular flexibility index (Phi) is 6.07. The Morgan fingerprint density at radius 1 is 1.04 bits per heavy atom. The minimum absolute atomic E-state index is 0.0848. The number of benzene rings is 2. The largest absolute Gasteiger partial charge is 0.326 e. The van der Waals surface area contributed by atoms with Gasteiger partial charge in [-0.3, -0.25) is 4.79 Å². The molecule has 0 fully saturated rings. The Morgan fingerprint density at radius 3 is 2.29 bits per heavy atom. The maximum atomic E-state index is 12.0. The van der Waals surface area contributed by atoms with E-state index in [9.17, 15) is 13.2 Å². The van der Waals surface area contributed by atoms with Crippen molar-refractivity contribution in [3.8, 4) is 0 Å². The van der Waals surface area contributed by atoms with E-state index < -0.39 is 9.84 Å². The first-order chi connectivity index (χ1) is 11.3. The van der Waals surface area contributed by atoms with Gasteiger partial charge in [0, 0.05) is 29.0 Å². The molecule has 0 atom stereocenters. The summed E-state index contributed by atoms with van der Waals surface area (Å²) >= 11 is 1.65. The lowest BCUT2D eigenvalue weighted by Gasteiger charge is -2.07. The monoisotopic (exact) mass is 363 g/mol. The second-order valence-electron chi connectivity index (χ2n) is 5.69. The molecular weight excluding hydrogens is 342 g/mol. The Hall–Kier alpha value is -1.79. The summed E-state index contributed by atoms with van der Waals surface area (Å²) in [6, 6.07) is 12.5. The molecule has 0 spiro atoms. The lowest BCUT2D eigenvalue weighted by atomic mass is 10.1. The van der Waals surface area contributed by atoms with Crippen LogP contribution in [-0.2, 0) is 14.6 Å². The molecule has 2 aromatic rings. The zero-order chi connectivity index (χ0) is 17.7. The Bertz CT molecular complexity index is 828. The van der Waals surface area contributed by atoms with Gasteiger partial charge in [-0.15, -0.1) is 11.8 Å². The van der Waals surface area contributed by atoms with Gasteiger partial charge in [0.25, 0.3) is 0 Å². The van der Waals surface area contributed by atoms with Crippen molar-refractivity contribution in [2.45, 2.75) is 30.1 Å². The number of hydrogen-bond acceptors (Lipinski definition) is 4. The van der Waals surface area contributed by atoms with Crippen LogP contribution in [0.25, 0.3) is 0 Å². The summed E-state index contributed by atoms with van der Waals surface area (Å²) in [6.45, 7) is 4.15. The van der Waals surface area contributed by atoms with Gasteiger partial charge >= 0.3 is 0 Å². The van der Waals surface area contributed by atoms with Crippen LogP contribution >= 0.6 is 11.8 Å². The fourth-order valence-electron chi connectivity index (χ4n) is 2.07. The molecule has 0 radical (unpaired) electrons. The van der Waals surface area contributed by atoms with E-state index in [-0.39, 0.29) is 10.8 Å². The third-order valence-electron chi connectivity index (χ3n) is 3.64. The number of nitrogens with one attached hydrogen (secondary N) is 1. The van der Waals surface area contributed by atoms with Gasteiger partial charge in [-0.2, -0.15) is 0 Å². The van der Waals surface area contributed by atoms with E-state index in [2.05, 4.69) is 37.4 Å². The first-order valence-corrected chi connectivity index (χ1v) is 10.4. The quantitative estimate of drug-likeness (QED) is 0.792. The van der Waals surface area contributed by atoms with Crippen LogP contribution in [0.15, 0.2) is 52.3 Å². The van der Waals surface area contributed by atoms with Gasteiger partial charge in [-0.1, -0.05) is 6.07 Å². The molecule has 24 heavy (non-hydrogen) atoms. The minimum Gasteiger partial charge on any atom is -0.326 e. The standard InChI is InChI=1S/C18H21NO3S2/c1-13-4-7-16(12-14(13)2)23-11-10-18(20)19-15-5-8-17(9-6-15)24(3,21)22/h4-9,12H,10-11H2,1-3H3,(H,19,20). The Balaban J connectivity index is 1.84. The van der Waals surface area contributed by atoms with E-state index in [1.54, 1.807) is 23.9 Å². The van der Waals surface area contributed by atoms with E-state index in [1.165, 1.54) is 23.3 Å². The van der Waals surface area contributed by atoms with Crippen LogP contribution in [0, 0.1) is 13.8 Å². The highest BCUT2D eigenvalue weighted by atomic mass is 32.2. The molecule has 0 aliphatic rings. The van der Waals surface area contributed by atoms with Crippen LogP contribution in [0.4, 0.5) is 5.69 Å². The third kappa shape index (κ3) is 5.39. The predicted molar refractivity (Wildman–Crippen MR) is 99.4 cm³/mol. The highest BCUT2D eigenvalue weighted by Crippen LogP contribution is 2.22. The second-order valence-corrected chi connectivity index (χ2v) is 8.87. The number of carbonyl (C=O) groups is 1. The van der Waals surface area contributed by atoms with E-state index in [0.717, 1.165) is 11.2 Å². The molecule has 0 aliphatic heterocycles. The summed E-state index contributed by atoms with van der Waals surface area (Å²) < 4.78 is 22.8. The van der Waals surface area contributed by atoms with E-state index in [4.69, 9.17) is 0 Å². The molecule has 128 valence electrons. The highest BCUT2D eigenvalue weighted by Gasteiger charge is 2.08. The van der Waals surface area contributed by atoms with Gasteiger partial charge in [0.15, 0.2) is 9.84 Å². The van der Waals surface area contributed by atoms with Crippen molar-refractivity contribution in [3.05, 3.63) is 53.6 Å². The average Bonchev–Trinajstić information content (AvgIpc) is 2.50. The first-order valence-electron chi connectivity index (χ1n) is 7.56. The average molecular weight is 364 g/mol. The van der Waals surface area contributed by atoms with Gasteiger partial charge in [0.05, 0.1) is 4.90 Å². The molecule has 0 saturated carbocycles. The summed E-state index contributed by atoms with van der Waals surface area (Å²) in [5.41, 5.74) is 3.11. The fourth-order valence-corrected chi connectivity index (χ4v) is 3.65. The summed E-state index contributed by atoms with van der Waals surface area (Å²) in [4.78, 5) is 13.4. The molecule has 4 nitrogen and oxygen atoms in total. The number of anilines is 1. The molecular formula is C18H21NO3S2. The smallest absolute Gasteiger partial charge is 0.225 e. The Labute approximate surface area is 147 Å². The lowest BCUT2D eigenvalue weighted by molar-refractivity contribution is -0.115. The number of thioether (sulfide) groups is 1. The minimum atomic E-state index is -3.22. The SMILES string of the molecule is Cc1ccc(SCCC(=O)Nc2ccc(S(C)(=O)=O)cc2)cc1C. The number of aryl methyl sites for hydroxylation is 2. The summed E-state index contributed by atoms with van der Waals surface area (Å²) in [6.07, 6.45) is 1.55. The molecule has 0 saturated heterocycles. The Morgan fingerprint density at radius 2 is 1.71 bits per heavy atom. The first kappa shape index (κ1) is 18.5. The molecule has 0 bridgehead atoms. The van der Waals surface area contributed by atoms with Crippen LogP contribution in [0.1, 0.15) is 17.5 Å². The molecule has 1 N–H and O–H groups in total. The third-order valence-corrected chi connectivity index (χ3v) is 5.77. The molecule has 0 unspecified atom stereocenters. The van der Waals surface area contributed by atoms with Crippen LogP contribution in [-0.4, -0.2) is 26.3 Å². The van der Waals surface area contributed by atoms with Crippen LogP contribution in [0.5, 0.6) is 0 Å². The lowest BCUT2D eigenvalue weighted by Crippen LogP contribution is -2.12. The molecule has 0 heterocycles. The number of hydrogen-bond donors (Lipinski definition) is 1. The van der Waals surface area contributed by atoms with Gasteiger partial charge in [-0.25, -0.2) is 8.42 Å². The van der Waals surface area contributed by atoms with E-state index in [1.807, 2.05) is 0 Å². The van der Waals surface area contributed by atoms with E-state index >= 15 is 0 Å². The van der Waals surface area contributed by atoms with Crippen molar-refractivity contribution >= 4 is 33.2 Å². The van der Waals surface area contributed by atoms with E-state index in [0.29, 0.717) is 17.9 Å². The zero-order valence-electron chi connectivity index (χ0n) is 14.0. The van der Waals surface area contributed by atoms with Crippen molar-refractivity contribution in [3.63, 3.8) is 0 Å². The van der Waals surface area contributed by atoms with Crippen molar-refractivity contribution in [1.82, 2.24) is 0 Å². The van der Waals surface area contributed by atoms with Crippen molar-refractivity contribution in [2.75, 3.05) is 17.3 Å². The van der Waals surface area contributed by atoms with Gasteiger partial charge < -0.3 is 5.32 Å². The normalized spacial score (nSPS) is 11.3. The zero-order valence-corrected chi connectivity index (χ0v) is 15.6. The number of amides is 1. The van der Waals surface area contributed by atoms with Gasteiger partial charge in [0.2, 0.25) is 5.91 Å². The molecule has 2 rings (SSSR count). The molecule has 0 aromatic heterocycles. The molecule has 6 heteroatoms. The van der Waals surface area contributed by atoms with Crippen LogP contribution in [0.3, 0.4) is 0 Å². The number of carbonyl (C=O) groups excluding carboxylic acids is 1. The topological polar surface area (TPSA) is 63.2 Å². The van der Waals surface area contributed by atoms with Gasteiger partial charge in [0.1, 0.15) is 0 Å². The molecule has 2 aromatic carbocycles. The number of rotatable bonds is 6. The van der Waals surface area contributed by atoms with Crippen LogP contribution < -0.4 is 5.32 Å². The second kappa shape index (κ2) is 7.85. The predicted octanol–water partition coefficient (Wildman–Crippen LogP) is 3.83. The molecule has 0 aliphatic carbocycles. The molecule has 1 amide bonds. The maximum absolute atomic E-state index is 12.0. The number of sulfone groups is 1. The van der Waals surface area contributed by atoms with Crippen LogP contribution in [0.2, 0.25) is 0 Å². The fraction of sp³-hybridized carbons (Fsp3) is 0.278. The van der Waals surface area contributed by atoms with Crippen molar-refractivity contribution < 1.29 is 13.2 Å². The summed E-state index contributed by atoms with van der Waals surface area (Å²) in [5, 5.41) is 2.78. The maximum Gasteiger partial charge on any atom is 0.225 e. The summed E-state index contributed by atoms with van der Waals surface area (Å²) in [7, 11) is -3.22. The summed E-state index contributed by atoms with van der Waals surface area (Å²) in [5.74, 6) is 0.605.